The van der Waals surface area contributed by atoms with Crippen molar-refractivity contribution in [1.82, 2.24) is 5.32 Å². The standard InChI is InChI=1S/C12H14F3NO/c13-12(14,15)11-3-1-2-9(4-11)7-17-8-10-5-16-6-10/h1-4,10,16H,5-8H2. The number of hydrogen-bond acceptors (Lipinski definition) is 2. The van der Waals surface area contributed by atoms with Gasteiger partial charge in [-0.25, -0.2) is 0 Å². The summed E-state index contributed by atoms with van der Waals surface area (Å²) in [6, 6.07) is 5.26. The molecular weight excluding hydrogens is 231 g/mol. The quantitative estimate of drug-likeness (QED) is 0.879. The minimum absolute atomic E-state index is 0.237. The summed E-state index contributed by atoms with van der Waals surface area (Å²) in [6.07, 6.45) is -4.28. The number of halogens is 3. The normalized spacial score (nSPS) is 16.9. The average molecular weight is 245 g/mol. The molecule has 0 aromatic heterocycles. The summed E-state index contributed by atoms with van der Waals surface area (Å²) in [5, 5.41) is 3.11. The molecule has 1 saturated heterocycles. The van der Waals surface area contributed by atoms with Crippen LogP contribution in [-0.2, 0) is 17.5 Å². The largest absolute Gasteiger partial charge is 0.416 e. The van der Waals surface area contributed by atoms with Gasteiger partial charge in [0.2, 0.25) is 0 Å². The van der Waals surface area contributed by atoms with E-state index in [1.807, 2.05) is 0 Å². The fourth-order valence-electron chi connectivity index (χ4n) is 1.65. The third kappa shape index (κ3) is 3.44. The fraction of sp³-hybridized carbons (Fsp3) is 0.500. The fourth-order valence-corrected chi connectivity index (χ4v) is 1.65. The van der Waals surface area contributed by atoms with Gasteiger partial charge in [-0.2, -0.15) is 13.2 Å². The van der Waals surface area contributed by atoms with Gasteiger partial charge >= 0.3 is 6.18 Å². The van der Waals surface area contributed by atoms with Crippen LogP contribution in [0.1, 0.15) is 11.1 Å². The lowest BCUT2D eigenvalue weighted by atomic mass is 10.1. The molecule has 1 aromatic rings. The Bertz CT molecular complexity index is 374. The van der Waals surface area contributed by atoms with Crippen LogP contribution in [0.15, 0.2) is 24.3 Å². The molecule has 0 saturated carbocycles. The van der Waals surface area contributed by atoms with Crippen LogP contribution < -0.4 is 5.32 Å². The Balaban J connectivity index is 1.87. The molecule has 94 valence electrons. The second kappa shape index (κ2) is 5.06. The predicted molar refractivity (Wildman–Crippen MR) is 57.5 cm³/mol. The highest BCUT2D eigenvalue weighted by atomic mass is 19.4. The summed E-state index contributed by atoms with van der Waals surface area (Å²) in [5.74, 6) is 0.501. The average Bonchev–Trinajstić information content (AvgIpc) is 2.21. The molecule has 1 fully saturated rings. The number of ether oxygens (including phenoxy) is 1. The Kier molecular flexibility index (Phi) is 3.69. The maximum absolute atomic E-state index is 12.4. The SMILES string of the molecule is FC(F)(F)c1cccc(COCC2CNC2)c1. The van der Waals surface area contributed by atoms with Crippen molar-refractivity contribution in [3.8, 4) is 0 Å². The highest BCUT2D eigenvalue weighted by Crippen LogP contribution is 2.29. The number of hydrogen-bond donors (Lipinski definition) is 1. The van der Waals surface area contributed by atoms with Crippen LogP contribution in [0.25, 0.3) is 0 Å². The zero-order valence-corrected chi connectivity index (χ0v) is 9.26. The molecule has 0 radical (unpaired) electrons. The second-order valence-electron chi connectivity index (χ2n) is 4.24. The van der Waals surface area contributed by atoms with E-state index in [4.69, 9.17) is 4.74 Å². The van der Waals surface area contributed by atoms with Crippen LogP contribution in [0.5, 0.6) is 0 Å². The Morgan fingerprint density at radius 3 is 2.65 bits per heavy atom. The summed E-state index contributed by atoms with van der Waals surface area (Å²) in [7, 11) is 0. The van der Waals surface area contributed by atoms with Crippen molar-refractivity contribution >= 4 is 0 Å². The van der Waals surface area contributed by atoms with E-state index in [0.717, 1.165) is 25.2 Å². The summed E-state index contributed by atoms with van der Waals surface area (Å²) in [4.78, 5) is 0. The Hall–Kier alpha value is -1.07. The van der Waals surface area contributed by atoms with Crippen LogP contribution in [-0.4, -0.2) is 19.7 Å². The molecule has 0 bridgehead atoms. The molecule has 1 N–H and O–H groups in total. The van der Waals surface area contributed by atoms with E-state index in [1.54, 1.807) is 6.07 Å². The van der Waals surface area contributed by atoms with E-state index in [9.17, 15) is 13.2 Å². The van der Waals surface area contributed by atoms with Gasteiger partial charge in [0.1, 0.15) is 0 Å². The van der Waals surface area contributed by atoms with Crippen molar-refractivity contribution in [2.75, 3.05) is 19.7 Å². The highest BCUT2D eigenvalue weighted by molar-refractivity contribution is 5.25. The molecule has 0 aliphatic carbocycles. The van der Waals surface area contributed by atoms with Gasteiger partial charge in [0.25, 0.3) is 0 Å². The van der Waals surface area contributed by atoms with Crippen molar-refractivity contribution < 1.29 is 17.9 Å². The summed E-state index contributed by atoms with van der Waals surface area (Å²) >= 11 is 0. The topological polar surface area (TPSA) is 21.3 Å². The minimum atomic E-state index is -4.28. The zero-order valence-electron chi connectivity index (χ0n) is 9.26. The van der Waals surface area contributed by atoms with Crippen LogP contribution in [0.4, 0.5) is 13.2 Å². The molecule has 17 heavy (non-hydrogen) atoms. The Morgan fingerprint density at radius 2 is 2.06 bits per heavy atom. The molecule has 1 heterocycles. The number of benzene rings is 1. The van der Waals surface area contributed by atoms with E-state index in [2.05, 4.69) is 5.32 Å². The van der Waals surface area contributed by atoms with E-state index < -0.39 is 11.7 Å². The van der Waals surface area contributed by atoms with Crippen LogP contribution >= 0.6 is 0 Å². The Labute approximate surface area is 97.8 Å². The van der Waals surface area contributed by atoms with Gasteiger partial charge in [-0.15, -0.1) is 0 Å². The highest BCUT2D eigenvalue weighted by Gasteiger charge is 2.30. The summed E-state index contributed by atoms with van der Waals surface area (Å²) in [6.45, 7) is 2.70. The molecule has 2 rings (SSSR count). The van der Waals surface area contributed by atoms with Gasteiger partial charge in [-0.05, 0) is 17.7 Å². The lowest BCUT2D eigenvalue weighted by Gasteiger charge is -2.26. The third-order valence-electron chi connectivity index (χ3n) is 2.74. The first-order valence-electron chi connectivity index (χ1n) is 5.50. The van der Waals surface area contributed by atoms with E-state index in [0.29, 0.717) is 18.1 Å². The number of nitrogens with one attached hydrogen (secondary N) is 1. The first-order valence-corrected chi connectivity index (χ1v) is 5.50. The zero-order chi connectivity index (χ0) is 12.3. The van der Waals surface area contributed by atoms with Gasteiger partial charge < -0.3 is 10.1 Å². The van der Waals surface area contributed by atoms with E-state index in [-0.39, 0.29) is 6.61 Å². The molecule has 0 unspecified atom stereocenters. The summed E-state index contributed by atoms with van der Waals surface area (Å²) < 4.78 is 42.7. The first-order chi connectivity index (χ1) is 8.05. The van der Waals surface area contributed by atoms with E-state index in [1.165, 1.54) is 6.07 Å². The first kappa shape index (κ1) is 12.4. The van der Waals surface area contributed by atoms with Crippen LogP contribution in [0.2, 0.25) is 0 Å². The van der Waals surface area contributed by atoms with Crippen molar-refractivity contribution in [1.29, 1.82) is 0 Å². The summed E-state index contributed by atoms with van der Waals surface area (Å²) in [5.41, 5.74) is -0.0592. The Morgan fingerprint density at radius 1 is 1.29 bits per heavy atom. The minimum Gasteiger partial charge on any atom is -0.376 e. The van der Waals surface area contributed by atoms with Crippen molar-refractivity contribution in [3.63, 3.8) is 0 Å². The molecule has 1 aliphatic heterocycles. The van der Waals surface area contributed by atoms with Gasteiger partial charge in [0.05, 0.1) is 18.8 Å². The number of rotatable bonds is 4. The lowest BCUT2D eigenvalue weighted by molar-refractivity contribution is -0.137. The monoisotopic (exact) mass is 245 g/mol. The third-order valence-corrected chi connectivity index (χ3v) is 2.74. The molecule has 5 heteroatoms. The smallest absolute Gasteiger partial charge is 0.376 e. The van der Waals surface area contributed by atoms with Crippen molar-refractivity contribution in [3.05, 3.63) is 35.4 Å². The van der Waals surface area contributed by atoms with Gasteiger partial charge in [0.15, 0.2) is 0 Å². The van der Waals surface area contributed by atoms with E-state index >= 15 is 0 Å². The van der Waals surface area contributed by atoms with Crippen LogP contribution in [0.3, 0.4) is 0 Å². The maximum Gasteiger partial charge on any atom is 0.416 e. The second-order valence-corrected chi connectivity index (χ2v) is 4.24. The number of alkyl halides is 3. The van der Waals surface area contributed by atoms with Gasteiger partial charge in [-0.1, -0.05) is 12.1 Å². The van der Waals surface area contributed by atoms with Gasteiger partial charge in [0, 0.05) is 19.0 Å². The predicted octanol–water partition coefficient (Wildman–Crippen LogP) is 2.44. The van der Waals surface area contributed by atoms with Crippen molar-refractivity contribution in [2.45, 2.75) is 12.8 Å². The van der Waals surface area contributed by atoms with Crippen LogP contribution in [0, 0.1) is 5.92 Å². The lowest BCUT2D eigenvalue weighted by Crippen LogP contribution is -2.44. The van der Waals surface area contributed by atoms with Gasteiger partial charge in [-0.3, -0.25) is 0 Å². The molecule has 0 amide bonds. The molecule has 1 aromatic carbocycles. The molecule has 0 atom stereocenters. The molecule has 1 aliphatic rings. The molecular formula is C12H14F3NO. The van der Waals surface area contributed by atoms with Crippen molar-refractivity contribution in [2.24, 2.45) is 5.92 Å². The molecule has 2 nitrogen and oxygen atoms in total. The maximum atomic E-state index is 12.4. The molecule has 0 spiro atoms.